The highest BCUT2D eigenvalue weighted by Gasteiger charge is 2.23. The molecule has 0 aliphatic carbocycles. The van der Waals surface area contributed by atoms with E-state index in [9.17, 15) is 4.79 Å². The summed E-state index contributed by atoms with van der Waals surface area (Å²) in [5.74, 6) is 1.10. The molecule has 1 saturated heterocycles. The lowest BCUT2D eigenvalue weighted by molar-refractivity contribution is -0.135. The minimum Gasteiger partial charge on any atom is -0.375 e. The summed E-state index contributed by atoms with van der Waals surface area (Å²) in [6.07, 6.45) is 3.57. The molecule has 1 fully saturated rings. The van der Waals surface area contributed by atoms with Crippen LogP contribution in [-0.2, 0) is 9.53 Å². The molecule has 0 saturated carbocycles. The van der Waals surface area contributed by atoms with Crippen LogP contribution in [0.3, 0.4) is 0 Å². The molecule has 0 N–H and O–H groups in total. The first kappa shape index (κ1) is 18.6. The summed E-state index contributed by atoms with van der Waals surface area (Å²) in [5, 5.41) is 9.41. The van der Waals surface area contributed by atoms with Crippen LogP contribution in [0.25, 0.3) is 17.1 Å². The molecule has 3 heterocycles. The third-order valence-corrected chi connectivity index (χ3v) is 5.40. The summed E-state index contributed by atoms with van der Waals surface area (Å²) in [5.41, 5.74) is 1.82. The highest BCUT2D eigenvalue weighted by molar-refractivity contribution is 7.99. The van der Waals surface area contributed by atoms with Gasteiger partial charge in [-0.3, -0.25) is 14.3 Å². The molecule has 1 aromatic carbocycles. The number of amides is 1. The van der Waals surface area contributed by atoms with E-state index in [1.54, 1.807) is 12.4 Å². The Hall–Kier alpha value is -2.71. The van der Waals surface area contributed by atoms with Gasteiger partial charge in [-0.15, -0.1) is 10.2 Å². The van der Waals surface area contributed by atoms with Crippen LogP contribution in [-0.4, -0.2) is 62.1 Å². The van der Waals surface area contributed by atoms with Gasteiger partial charge in [-0.25, -0.2) is 0 Å². The average molecular weight is 395 g/mol. The van der Waals surface area contributed by atoms with Crippen molar-refractivity contribution in [3.05, 3.63) is 54.9 Å². The van der Waals surface area contributed by atoms with Gasteiger partial charge in [0, 0.05) is 36.7 Å². The normalized spacial score (nSPS) is 16.9. The maximum absolute atomic E-state index is 12.6. The third-order valence-electron chi connectivity index (χ3n) is 4.49. The standard InChI is InChI=1S/C20H21N5O2S/c1-15-13-24(10-11-27-15)18(26)14-28-20-23-22-19(16-6-5-9-21-12-16)25(20)17-7-3-2-4-8-17/h2-9,12,15H,10-11,13-14H2,1H3/t15-/m1/s1. The average Bonchev–Trinajstić information content (AvgIpc) is 3.17. The van der Waals surface area contributed by atoms with Gasteiger partial charge in [0.2, 0.25) is 5.91 Å². The van der Waals surface area contributed by atoms with Crippen molar-refractivity contribution in [3.8, 4) is 17.1 Å². The van der Waals surface area contributed by atoms with Crippen LogP contribution in [0.1, 0.15) is 6.92 Å². The van der Waals surface area contributed by atoms with Crippen LogP contribution >= 0.6 is 11.8 Å². The summed E-state index contributed by atoms with van der Waals surface area (Å²) in [4.78, 5) is 18.7. The van der Waals surface area contributed by atoms with Crippen LogP contribution in [0, 0.1) is 0 Å². The Morgan fingerprint density at radius 2 is 2.07 bits per heavy atom. The van der Waals surface area contributed by atoms with Gasteiger partial charge >= 0.3 is 0 Å². The minimum atomic E-state index is 0.0767. The topological polar surface area (TPSA) is 73.1 Å². The summed E-state index contributed by atoms with van der Waals surface area (Å²) in [6, 6.07) is 13.7. The van der Waals surface area contributed by atoms with Crippen molar-refractivity contribution >= 4 is 17.7 Å². The van der Waals surface area contributed by atoms with E-state index in [1.807, 2.05) is 58.9 Å². The molecule has 1 amide bonds. The van der Waals surface area contributed by atoms with E-state index < -0.39 is 0 Å². The Balaban J connectivity index is 1.59. The number of rotatable bonds is 5. The fraction of sp³-hybridized carbons (Fsp3) is 0.300. The van der Waals surface area contributed by atoms with E-state index in [-0.39, 0.29) is 12.0 Å². The van der Waals surface area contributed by atoms with Crippen molar-refractivity contribution in [1.82, 2.24) is 24.6 Å². The highest BCUT2D eigenvalue weighted by Crippen LogP contribution is 2.27. The second kappa shape index (κ2) is 8.53. The molecule has 3 aromatic rings. The van der Waals surface area contributed by atoms with Crippen LogP contribution in [0.5, 0.6) is 0 Å². The molecule has 1 atom stereocenters. The monoisotopic (exact) mass is 395 g/mol. The SMILES string of the molecule is C[C@@H]1CN(C(=O)CSc2nnc(-c3cccnc3)n2-c2ccccc2)CCO1. The largest absolute Gasteiger partial charge is 0.375 e. The van der Waals surface area contributed by atoms with Gasteiger partial charge in [0.1, 0.15) is 0 Å². The van der Waals surface area contributed by atoms with Crippen molar-refractivity contribution in [2.24, 2.45) is 0 Å². The van der Waals surface area contributed by atoms with Crippen molar-refractivity contribution in [2.75, 3.05) is 25.4 Å². The third kappa shape index (κ3) is 4.07. The quantitative estimate of drug-likeness (QED) is 0.619. The first-order valence-corrected chi connectivity index (χ1v) is 10.1. The predicted octanol–water partition coefficient (Wildman–Crippen LogP) is 2.67. The molecule has 144 valence electrons. The molecule has 28 heavy (non-hydrogen) atoms. The molecule has 0 spiro atoms. The smallest absolute Gasteiger partial charge is 0.233 e. The lowest BCUT2D eigenvalue weighted by Crippen LogP contribution is -2.45. The van der Waals surface area contributed by atoms with E-state index in [0.29, 0.717) is 36.4 Å². The number of nitrogens with zero attached hydrogens (tertiary/aromatic N) is 5. The second-order valence-corrected chi connectivity index (χ2v) is 7.47. The second-order valence-electron chi connectivity index (χ2n) is 6.53. The van der Waals surface area contributed by atoms with E-state index in [2.05, 4.69) is 15.2 Å². The molecule has 1 aliphatic heterocycles. The lowest BCUT2D eigenvalue weighted by Gasteiger charge is -2.31. The number of carbonyl (C=O) groups excluding carboxylic acids is 1. The molecule has 0 radical (unpaired) electrons. The number of hydrogen-bond donors (Lipinski definition) is 0. The van der Waals surface area contributed by atoms with Gasteiger partial charge < -0.3 is 9.64 Å². The van der Waals surface area contributed by atoms with Crippen molar-refractivity contribution in [2.45, 2.75) is 18.2 Å². The fourth-order valence-electron chi connectivity index (χ4n) is 3.12. The molecule has 2 aromatic heterocycles. The van der Waals surface area contributed by atoms with Crippen molar-refractivity contribution in [3.63, 3.8) is 0 Å². The lowest BCUT2D eigenvalue weighted by atomic mass is 10.2. The highest BCUT2D eigenvalue weighted by atomic mass is 32.2. The number of pyridine rings is 1. The van der Waals surface area contributed by atoms with Gasteiger partial charge in [0.15, 0.2) is 11.0 Å². The van der Waals surface area contributed by atoms with Crippen molar-refractivity contribution in [1.29, 1.82) is 0 Å². The first-order chi connectivity index (χ1) is 13.7. The number of morpholine rings is 1. The maximum atomic E-state index is 12.6. The van der Waals surface area contributed by atoms with Crippen LogP contribution in [0.4, 0.5) is 0 Å². The number of aromatic nitrogens is 4. The molecular weight excluding hydrogens is 374 g/mol. The van der Waals surface area contributed by atoms with Gasteiger partial charge in [-0.2, -0.15) is 0 Å². The molecule has 1 aliphatic rings. The molecular formula is C20H21N5O2S. The summed E-state index contributed by atoms with van der Waals surface area (Å²) >= 11 is 1.40. The Kier molecular flexibility index (Phi) is 5.68. The Morgan fingerprint density at radius 1 is 1.21 bits per heavy atom. The van der Waals surface area contributed by atoms with Crippen LogP contribution < -0.4 is 0 Å². The van der Waals surface area contributed by atoms with Crippen LogP contribution in [0.2, 0.25) is 0 Å². The zero-order chi connectivity index (χ0) is 19.3. The molecule has 8 heteroatoms. The zero-order valence-corrected chi connectivity index (χ0v) is 16.4. The maximum Gasteiger partial charge on any atom is 0.233 e. The zero-order valence-electron chi connectivity index (χ0n) is 15.6. The Bertz CT molecular complexity index is 932. The number of thioether (sulfide) groups is 1. The van der Waals surface area contributed by atoms with Crippen LogP contribution in [0.15, 0.2) is 60.0 Å². The first-order valence-electron chi connectivity index (χ1n) is 9.16. The summed E-state index contributed by atoms with van der Waals surface area (Å²) < 4.78 is 7.49. The minimum absolute atomic E-state index is 0.0767. The van der Waals surface area contributed by atoms with E-state index >= 15 is 0 Å². The molecule has 0 unspecified atom stereocenters. The van der Waals surface area contributed by atoms with Crippen molar-refractivity contribution < 1.29 is 9.53 Å². The number of hydrogen-bond acceptors (Lipinski definition) is 6. The number of ether oxygens (including phenoxy) is 1. The van der Waals surface area contributed by atoms with E-state index in [4.69, 9.17) is 4.74 Å². The number of carbonyl (C=O) groups is 1. The fourth-order valence-corrected chi connectivity index (χ4v) is 3.97. The van der Waals surface area contributed by atoms with Gasteiger partial charge in [0.05, 0.1) is 18.5 Å². The molecule has 0 bridgehead atoms. The van der Waals surface area contributed by atoms with Gasteiger partial charge in [0.25, 0.3) is 0 Å². The number of benzene rings is 1. The Labute approximate surface area is 167 Å². The summed E-state index contributed by atoms with van der Waals surface area (Å²) in [7, 11) is 0. The predicted molar refractivity (Wildman–Crippen MR) is 107 cm³/mol. The van der Waals surface area contributed by atoms with Gasteiger partial charge in [-0.1, -0.05) is 30.0 Å². The summed E-state index contributed by atoms with van der Waals surface area (Å²) in [6.45, 7) is 3.84. The molecule has 4 rings (SSSR count). The number of para-hydroxylation sites is 1. The van der Waals surface area contributed by atoms with E-state index in [1.165, 1.54) is 11.8 Å². The molecule has 7 nitrogen and oxygen atoms in total. The van der Waals surface area contributed by atoms with Gasteiger partial charge in [-0.05, 0) is 31.2 Å². The Morgan fingerprint density at radius 3 is 2.82 bits per heavy atom. The van der Waals surface area contributed by atoms with E-state index in [0.717, 1.165) is 11.3 Å².